The molecule has 0 aliphatic carbocycles. The molecule has 3 rings (SSSR count). The summed E-state index contributed by atoms with van der Waals surface area (Å²) in [5, 5.41) is 1.00. The Labute approximate surface area is 123 Å². The van der Waals surface area contributed by atoms with Gasteiger partial charge in [0.2, 0.25) is 0 Å². The Balaban J connectivity index is 2.16. The molecule has 2 nitrogen and oxygen atoms in total. The molecule has 21 heavy (non-hydrogen) atoms. The lowest BCUT2D eigenvalue weighted by molar-refractivity contribution is 0.546. The van der Waals surface area contributed by atoms with Gasteiger partial charge in [0.15, 0.2) is 0 Å². The van der Waals surface area contributed by atoms with E-state index in [-0.39, 0.29) is 5.82 Å². The molecule has 0 spiro atoms. The van der Waals surface area contributed by atoms with Gasteiger partial charge in [-0.2, -0.15) is 0 Å². The van der Waals surface area contributed by atoms with E-state index in [1.165, 1.54) is 6.07 Å². The lowest BCUT2D eigenvalue weighted by Crippen LogP contribution is -2.13. The van der Waals surface area contributed by atoms with Crippen LogP contribution in [0.15, 0.2) is 46.9 Å². The molecule has 2 aromatic carbocycles. The third kappa shape index (κ3) is 2.34. The Morgan fingerprint density at radius 3 is 2.67 bits per heavy atom. The van der Waals surface area contributed by atoms with Crippen molar-refractivity contribution >= 4 is 11.0 Å². The van der Waals surface area contributed by atoms with E-state index in [9.17, 15) is 4.39 Å². The number of rotatable bonds is 3. The van der Waals surface area contributed by atoms with Gasteiger partial charge in [-0.25, -0.2) is 4.39 Å². The summed E-state index contributed by atoms with van der Waals surface area (Å²) in [6.45, 7) is 3.78. The maximum Gasteiger partial charge on any atom is 0.134 e. The van der Waals surface area contributed by atoms with E-state index in [1.54, 1.807) is 13.0 Å². The highest BCUT2D eigenvalue weighted by molar-refractivity contribution is 5.83. The van der Waals surface area contributed by atoms with Crippen molar-refractivity contribution in [3.63, 3.8) is 0 Å². The first-order valence-corrected chi connectivity index (χ1v) is 7.13. The number of benzene rings is 2. The Morgan fingerprint density at radius 2 is 1.95 bits per heavy atom. The maximum absolute atomic E-state index is 13.8. The molecule has 0 saturated heterocycles. The first-order valence-electron chi connectivity index (χ1n) is 7.13. The number of nitrogens with two attached hydrogens (primary N) is 1. The van der Waals surface area contributed by atoms with E-state index < -0.39 is 6.04 Å². The van der Waals surface area contributed by atoms with Gasteiger partial charge in [0.25, 0.3) is 0 Å². The van der Waals surface area contributed by atoms with E-state index >= 15 is 0 Å². The van der Waals surface area contributed by atoms with Gasteiger partial charge in [0.1, 0.15) is 17.2 Å². The SMILES string of the molecule is CCc1oc2ccccc2c1C(N)c1ccc(C)c(F)c1. The molecule has 2 N–H and O–H groups in total. The molecule has 0 aliphatic heterocycles. The summed E-state index contributed by atoms with van der Waals surface area (Å²) in [4.78, 5) is 0. The molecular formula is C18H18FNO. The van der Waals surface area contributed by atoms with Crippen LogP contribution in [0.2, 0.25) is 0 Å². The fourth-order valence-electron chi connectivity index (χ4n) is 2.69. The van der Waals surface area contributed by atoms with Gasteiger partial charge in [-0.1, -0.05) is 37.3 Å². The molecule has 0 bridgehead atoms. The lowest BCUT2D eigenvalue weighted by Gasteiger charge is -2.13. The molecule has 108 valence electrons. The van der Waals surface area contributed by atoms with Crippen molar-refractivity contribution in [2.24, 2.45) is 5.73 Å². The van der Waals surface area contributed by atoms with E-state index in [0.29, 0.717) is 5.56 Å². The van der Waals surface area contributed by atoms with Crippen molar-refractivity contribution in [3.8, 4) is 0 Å². The Hall–Kier alpha value is -2.13. The van der Waals surface area contributed by atoms with Crippen LogP contribution in [0.3, 0.4) is 0 Å². The molecule has 0 fully saturated rings. The minimum absolute atomic E-state index is 0.228. The standard InChI is InChI=1S/C18H18FNO/c1-3-15-17(13-6-4-5-7-16(13)21-15)18(20)12-9-8-11(2)14(19)10-12/h4-10,18H,3,20H2,1-2H3. The Bertz CT molecular complexity index is 791. The third-order valence-electron chi connectivity index (χ3n) is 3.90. The minimum Gasteiger partial charge on any atom is -0.461 e. The summed E-state index contributed by atoms with van der Waals surface area (Å²) in [6, 6.07) is 12.6. The lowest BCUT2D eigenvalue weighted by atomic mass is 9.95. The largest absolute Gasteiger partial charge is 0.461 e. The van der Waals surface area contributed by atoms with Gasteiger partial charge in [-0.05, 0) is 30.2 Å². The fourth-order valence-corrected chi connectivity index (χ4v) is 2.69. The fraction of sp³-hybridized carbons (Fsp3) is 0.222. The molecule has 3 aromatic rings. The average Bonchev–Trinajstić information content (AvgIpc) is 2.87. The second kappa shape index (κ2) is 5.34. The Morgan fingerprint density at radius 1 is 1.19 bits per heavy atom. The zero-order valence-corrected chi connectivity index (χ0v) is 12.2. The first kappa shape index (κ1) is 13.8. The van der Waals surface area contributed by atoms with Crippen molar-refractivity contribution in [1.82, 2.24) is 0 Å². The van der Waals surface area contributed by atoms with Crippen LogP contribution >= 0.6 is 0 Å². The molecular weight excluding hydrogens is 265 g/mol. The van der Waals surface area contributed by atoms with Gasteiger partial charge in [0.05, 0.1) is 6.04 Å². The number of aryl methyl sites for hydroxylation is 2. The van der Waals surface area contributed by atoms with Crippen LogP contribution in [0, 0.1) is 12.7 Å². The second-order valence-electron chi connectivity index (χ2n) is 5.27. The van der Waals surface area contributed by atoms with Gasteiger partial charge in [0, 0.05) is 17.4 Å². The highest BCUT2D eigenvalue weighted by Gasteiger charge is 2.20. The molecule has 0 aliphatic rings. The molecule has 1 heterocycles. The number of hydrogen-bond donors (Lipinski definition) is 1. The van der Waals surface area contributed by atoms with Crippen LogP contribution < -0.4 is 5.73 Å². The maximum atomic E-state index is 13.8. The van der Waals surface area contributed by atoms with Crippen LogP contribution in [0.1, 0.15) is 35.4 Å². The van der Waals surface area contributed by atoms with Crippen molar-refractivity contribution < 1.29 is 8.81 Å². The second-order valence-corrected chi connectivity index (χ2v) is 5.27. The number of fused-ring (bicyclic) bond motifs is 1. The van der Waals surface area contributed by atoms with Crippen LogP contribution in [-0.4, -0.2) is 0 Å². The highest BCUT2D eigenvalue weighted by atomic mass is 19.1. The summed E-state index contributed by atoms with van der Waals surface area (Å²) < 4.78 is 19.7. The first-order chi connectivity index (χ1) is 10.1. The highest BCUT2D eigenvalue weighted by Crippen LogP contribution is 2.33. The monoisotopic (exact) mass is 283 g/mol. The van der Waals surface area contributed by atoms with Gasteiger partial charge in [-0.15, -0.1) is 0 Å². The predicted molar refractivity (Wildman–Crippen MR) is 82.8 cm³/mol. The van der Waals surface area contributed by atoms with Gasteiger partial charge >= 0.3 is 0 Å². The third-order valence-corrected chi connectivity index (χ3v) is 3.90. The van der Waals surface area contributed by atoms with Crippen LogP contribution in [0.5, 0.6) is 0 Å². The smallest absolute Gasteiger partial charge is 0.134 e. The number of furan rings is 1. The van der Waals surface area contributed by atoms with Crippen LogP contribution in [0.4, 0.5) is 4.39 Å². The predicted octanol–water partition coefficient (Wildman–Crippen LogP) is 4.49. The van der Waals surface area contributed by atoms with Crippen LogP contribution in [0.25, 0.3) is 11.0 Å². The molecule has 3 heteroatoms. The van der Waals surface area contributed by atoms with Crippen molar-refractivity contribution in [3.05, 3.63) is 70.7 Å². The zero-order chi connectivity index (χ0) is 15.0. The van der Waals surface area contributed by atoms with Gasteiger partial charge < -0.3 is 10.2 Å². The van der Waals surface area contributed by atoms with Crippen molar-refractivity contribution in [2.75, 3.05) is 0 Å². The molecule has 1 aromatic heterocycles. The number of halogens is 1. The minimum atomic E-state index is -0.390. The van der Waals surface area contributed by atoms with Crippen molar-refractivity contribution in [2.45, 2.75) is 26.3 Å². The number of hydrogen-bond acceptors (Lipinski definition) is 2. The summed E-state index contributed by atoms with van der Waals surface area (Å²) in [6.07, 6.45) is 0.756. The molecule has 1 atom stereocenters. The topological polar surface area (TPSA) is 39.2 Å². The average molecular weight is 283 g/mol. The van der Waals surface area contributed by atoms with E-state index in [4.69, 9.17) is 10.2 Å². The normalized spacial score (nSPS) is 12.8. The molecule has 0 radical (unpaired) electrons. The molecule has 0 saturated carbocycles. The van der Waals surface area contributed by atoms with E-state index in [0.717, 1.165) is 34.3 Å². The number of para-hydroxylation sites is 1. The molecule has 0 amide bonds. The zero-order valence-electron chi connectivity index (χ0n) is 12.2. The summed E-state index contributed by atoms with van der Waals surface area (Å²) in [5.74, 6) is 0.637. The van der Waals surface area contributed by atoms with Crippen LogP contribution in [-0.2, 0) is 6.42 Å². The summed E-state index contributed by atoms with van der Waals surface area (Å²) in [5.41, 5.74) is 9.56. The quantitative estimate of drug-likeness (QED) is 0.769. The van der Waals surface area contributed by atoms with Gasteiger partial charge in [-0.3, -0.25) is 0 Å². The molecule has 1 unspecified atom stereocenters. The Kier molecular flexibility index (Phi) is 3.52. The van der Waals surface area contributed by atoms with E-state index in [2.05, 4.69) is 0 Å². The van der Waals surface area contributed by atoms with E-state index in [1.807, 2.05) is 37.3 Å². The van der Waals surface area contributed by atoms with Crippen molar-refractivity contribution in [1.29, 1.82) is 0 Å². The summed E-state index contributed by atoms with van der Waals surface area (Å²) in [7, 11) is 0. The summed E-state index contributed by atoms with van der Waals surface area (Å²) >= 11 is 0.